The Morgan fingerprint density at radius 3 is 2.48 bits per heavy atom. The number of carbonyl (C=O) groups excluding carboxylic acids is 2. The Kier molecular flexibility index (Phi) is 6.44. The van der Waals surface area contributed by atoms with E-state index in [-0.39, 0.29) is 16.4 Å². The fourth-order valence-corrected chi connectivity index (χ4v) is 4.03. The van der Waals surface area contributed by atoms with E-state index in [2.05, 4.69) is 40.0 Å². The maximum Gasteiger partial charge on any atom is 0.270 e. The van der Waals surface area contributed by atoms with Crippen molar-refractivity contribution in [3.8, 4) is 0 Å². The van der Waals surface area contributed by atoms with Crippen molar-refractivity contribution in [3.05, 3.63) is 63.9 Å². The largest absolute Gasteiger partial charge is 0.371 e. The number of anilines is 2. The predicted molar refractivity (Wildman–Crippen MR) is 120 cm³/mol. The van der Waals surface area contributed by atoms with Gasteiger partial charge in [-0.3, -0.25) is 14.9 Å². The van der Waals surface area contributed by atoms with E-state index >= 15 is 0 Å². The third kappa shape index (κ3) is 4.23. The molecule has 1 N–H and O–H groups in total. The molecule has 8 heteroatoms. The lowest BCUT2D eigenvalue weighted by Gasteiger charge is -2.29. The topological polar surface area (TPSA) is 52.7 Å². The molecule has 0 atom stereocenters. The molecule has 2 aromatic rings. The minimum atomic E-state index is -0.673. The van der Waals surface area contributed by atoms with Crippen LogP contribution in [0.4, 0.5) is 15.8 Å². The quantitative estimate of drug-likeness (QED) is 0.398. The van der Waals surface area contributed by atoms with Crippen LogP contribution in [0.5, 0.6) is 0 Å². The molecule has 5 nitrogen and oxygen atoms in total. The van der Waals surface area contributed by atoms with Gasteiger partial charge < -0.3 is 4.90 Å². The second-order valence-corrected chi connectivity index (χ2v) is 7.53. The molecule has 1 heterocycles. The number of thiocarbonyl (C=S) groups is 1. The Morgan fingerprint density at radius 1 is 1.17 bits per heavy atom. The van der Waals surface area contributed by atoms with Crippen LogP contribution in [0.1, 0.15) is 19.4 Å². The zero-order chi connectivity index (χ0) is 21.1. The number of para-hydroxylation sites is 1. The molecule has 0 aromatic heterocycles. The van der Waals surface area contributed by atoms with Crippen molar-refractivity contribution >= 4 is 62.5 Å². The van der Waals surface area contributed by atoms with Crippen molar-refractivity contribution in [1.29, 1.82) is 0 Å². The number of hydrogen-bond donors (Lipinski definition) is 1. The number of nitrogens with zero attached hydrogens (tertiary/aromatic N) is 2. The van der Waals surface area contributed by atoms with Crippen molar-refractivity contribution in [2.45, 2.75) is 13.8 Å². The van der Waals surface area contributed by atoms with Crippen LogP contribution in [-0.2, 0) is 9.59 Å². The predicted octanol–water partition coefficient (Wildman–Crippen LogP) is 4.27. The molecular formula is C21H19BrFN3O2S. The molecule has 2 aromatic carbocycles. The van der Waals surface area contributed by atoms with Gasteiger partial charge in [-0.25, -0.2) is 9.29 Å². The van der Waals surface area contributed by atoms with Crippen LogP contribution >= 0.6 is 28.1 Å². The van der Waals surface area contributed by atoms with E-state index in [9.17, 15) is 14.0 Å². The van der Waals surface area contributed by atoms with Crippen LogP contribution in [0.2, 0.25) is 0 Å². The minimum Gasteiger partial charge on any atom is -0.371 e. The van der Waals surface area contributed by atoms with Gasteiger partial charge >= 0.3 is 0 Å². The Labute approximate surface area is 182 Å². The number of rotatable bonds is 5. The number of amides is 2. The summed E-state index contributed by atoms with van der Waals surface area (Å²) in [6.07, 6.45) is 1.48. The summed E-state index contributed by atoms with van der Waals surface area (Å²) < 4.78 is 15.1. The number of benzene rings is 2. The standard InChI is InChI=1S/C21H19BrFN3O2S/c1-3-25(4-2)17-10-9-13(12-15(17)22)11-14-19(27)24-21(29)26(20(14)28)18-8-6-5-7-16(18)23/h5-12H,3-4H2,1-2H3,(H,24,27,29)/b14-11+. The molecule has 0 aliphatic carbocycles. The number of nitrogens with one attached hydrogen (secondary N) is 1. The summed E-state index contributed by atoms with van der Waals surface area (Å²) in [7, 11) is 0. The maximum absolute atomic E-state index is 14.2. The van der Waals surface area contributed by atoms with E-state index in [4.69, 9.17) is 12.2 Å². The van der Waals surface area contributed by atoms with Crippen LogP contribution in [0.25, 0.3) is 6.08 Å². The van der Waals surface area contributed by atoms with Crippen molar-refractivity contribution in [2.24, 2.45) is 0 Å². The molecule has 1 saturated heterocycles. The zero-order valence-electron chi connectivity index (χ0n) is 15.9. The van der Waals surface area contributed by atoms with Gasteiger partial charge in [-0.2, -0.15) is 0 Å². The van der Waals surface area contributed by atoms with Gasteiger partial charge in [0.15, 0.2) is 5.11 Å². The van der Waals surface area contributed by atoms with Crippen LogP contribution in [-0.4, -0.2) is 30.0 Å². The third-order valence-corrected chi connectivity index (χ3v) is 5.50. The van der Waals surface area contributed by atoms with E-state index < -0.39 is 17.6 Å². The summed E-state index contributed by atoms with van der Waals surface area (Å²) in [6.45, 7) is 5.84. The Bertz CT molecular complexity index is 1020. The number of carbonyl (C=O) groups is 2. The molecule has 0 unspecified atom stereocenters. The summed E-state index contributed by atoms with van der Waals surface area (Å²) in [5.74, 6) is -1.89. The minimum absolute atomic E-state index is 0.00791. The molecular weight excluding hydrogens is 457 g/mol. The summed E-state index contributed by atoms with van der Waals surface area (Å²) in [5, 5.41) is 2.31. The fourth-order valence-electron chi connectivity index (χ4n) is 3.11. The van der Waals surface area contributed by atoms with Crippen LogP contribution < -0.4 is 15.1 Å². The summed E-state index contributed by atoms with van der Waals surface area (Å²) in [6, 6.07) is 11.4. The molecule has 29 heavy (non-hydrogen) atoms. The highest BCUT2D eigenvalue weighted by Crippen LogP contribution is 2.29. The van der Waals surface area contributed by atoms with Crippen molar-refractivity contribution < 1.29 is 14.0 Å². The van der Waals surface area contributed by atoms with Gasteiger partial charge in [-0.05, 0) is 77.9 Å². The fraction of sp³-hybridized carbons (Fsp3) is 0.190. The highest BCUT2D eigenvalue weighted by atomic mass is 79.9. The van der Waals surface area contributed by atoms with Gasteiger partial charge in [-0.1, -0.05) is 18.2 Å². The van der Waals surface area contributed by atoms with Gasteiger partial charge in [0.25, 0.3) is 11.8 Å². The highest BCUT2D eigenvalue weighted by Gasteiger charge is 2.35. The summed E-state index contributed by atoms with van der Waals surface area (Å²) in [4.78, 5) is 28.6. The second-order valence-electron chi connectivity index (χ2n) is 6.29. The highest BCUT2D eigenvalue weighted by molar-refractivity contribution is 9.10. The van der Waals surface area contributed by atoms with E-state index in [1.54, 1.807) is 6.07 Å². The molecule has 0 bridgehead atoms. The van der Waals surface area contributed by atoms with Gasteiger partial charge in [0.2, 0.25) is 0 Å². The molecule has 1 aliphatic rings. The molecule has 0 radical (unpaired) electrons. The van der Waals surface area contributed by atoms with Gasteiger partial charge in [-0.15, -0.1) is 0 Å². The first-order chi connectivity index (χ1) is 13.9. The second kappa shape index (κ2) is 8.84. The summed E-state index contributed by atoms with van der Waals surface area (Å²) >= 11 is 8.65. The zero-order valence-corrected chi connectivity index (χ0v) is 18.3. The lowest BCUT2D eigenvalue weighted by atomic mass is 10.1. The normalized spacial score (nSPS) is 15.7. The monoisotopic (exact) mass is 475 g/mol. The number of halogens is 2. The van der Waals surface area contributed by atoms with E-state index in [0.717, 1.165) is 28.1 Å². The Morgan fingerprint density at radius 2 is 1.86 bits per heavy atom. The molecule has 1 aliphatic heterocycles. The lowest BCUT2D eigenvalue weighted by molar-refractivity contribution is -0.122. The number of hydrogen-bond acceptors (Lipinski definition) is 4. The van der Waals surface area contributed by atoms with Crippen LogP contribution in [0, 0.1) is 5.82 Å². The molecule has 0 spiro atoms. The third-order valence-electron chi connectivity index (χ3n) is 4.58. The summed E-state index contributed by atoms with van der Waals surface area (Å²) in [5.41, 5.74) is 1.55. The van der Waals surface area contributed by atoms with Crippen LogP contribution in [0.3, 0.4) is 0 Å². The SMILES string of the molecule is CCN(CC)c1ccc(/C=C2\C(=O)NC(=S)N(c3ccccc3F)C2=O)cc1Br. The van der Waals surface area contributed by atoms with Crippen molar-refractivity contribution in [3.63, 3.8) is 0 Å². The first-order valence-electron chi connectivity index (χ1n) is 9.07. The van der Waals surface area contributed by atoms with Crippen molar-refractivity contribution in [2.75, 3.05) is 22.9 Å². The molecule has 2 amide bonds. The van der Waals surface area contributed by atoms with E-state index in [0.29, 0.717) is 5.56 Å². The van der Waals surface area contributed by atoms with Gasteiger partial charge in [0.1, 0.15) is 11.4 Å². The molecule has 150 valence electrons. The Hall–Kier alpha value is -2.58. The maximum atomic E-state index is 14.2. The lowest BCUT2D eigenvalue weighted by Crippen LogP contribution is -2.54. The van der Waals surface area contributed by atoms with E-state index in [1.807, 2.05) is 18.2 Å². The average Bonchev–Trinajstić information content (AvgIpc) is 2.69. The molecule has 3 rings (SSSR count). The Balaban J connectivity index is 1.99. The van der Waals surface area contributed by atoms with Gasteiger partial charge in [0.05, 0.1) is 11.4 Å². The first kappa shape index (κ1) is 21.1. The van der Waals surface area contributed by atoms with Crippen molar-refractivity contribution in [1.82, 2.24) is 5.32 Å². The molecule has 0 saturated carbocycles. The molecule has 1 fully saturated rings. The smallest absolute Gasteiger partial charge is 0.270 e. The van der Waals surface area contributed by atoms with Gasteiger partial charge in [0, 0.05) is 17.6 Å². The van der Waals surface area contributed by atoms with E-state index in [1.165, 1.54) is 24.3 Å². The average molecular weight is 476 g/mol. The van der Waals surface area contributed by atoms with Crippen LogP contribution in [0.15, 0.2) is 52.5 Å². The first-order valence-corrected chi connectivity index (χ1v) is 10.3.